The van der Waals surface area contributed by atoms with E-state index >= 15 is 0 Å². The van der Waals surface area contributed by atoms with E-state index in [1.807, 2.05) is 0 Å². The molecule has 0 saturated carbocycles. The number of nitrogens with zero attached hydrogens (tertiary/aromatic N) is 3. The lowest BCUT2D eigenvalue weighted by atomic mass is 10.1. The van der Waals surface area contributed by atoms with Crippen molar-refractivity contribution in [2.75, 3.05) is 58.9 Å². The largest absolute Gasteiger partial charge is 0.357 e. The van der Waals surface area contributed by atoms with Gasteiger partial charge in [-0.1, -0.05) is 44.2 Å². The van der Waals surface area contributed by atoms with Crippen LogP contribution in [-0.2, 0) is 6.42 Å². The van der Waals surface area contributed by atoms with Gasteiger partial charge in [-0.2, -0.15) is 0 Å². The number of rotatable bonds is 9. The van der Waals surface area contributed by atoms with Crippen LogP contribution < -0.4 is 10.6 Å². The van der Waals surface area contributed by atoms with Crippen LogP contribution >= 0.6 is 0 Å². The zero-order chi connectivity index (χ0) is 18.6. The molecule has 0 aliphatic carbocycles. The second-order valence-corrected chi connectivity index (χ2v) is 7.22. The van der Waals surface area contributed by atoms with Crippen LogP contribution in [0.5, 0.6) is 0 Å². The molecule has 1 atom stereocenters. The van der Waals surface area contributed by atoms with Gasteiger partial charge >= 0.3 is 0 Å². The Morgan fingerprint density at radius 1 is 1.04 bits per heavy atom. The van der Waals surface area contributed by atoms with Crippen molar-refractivity contribution in [3.05, 3.63) is 35.9 Å². The van der Waals surface area contributed by atoms with Crippen molar-refractivity contribution < 1.29 is 0 Å². The number of likely N-dealkylation sites (N-methyl/N-ethyl adjacent to an activating group) is 1. The van der Waals surface area contributed by atoms with Crippen molar-refractivity contribution in [2.24, 2.45) is 10.9 Å². The van der Waals surface area contributed by atoms with E-state index in [0.717, 1.165) is 38.6 Å². The Morgan fingerprint density at radius 2 is 1.73 bits per heavy atom. The van der Waals surface area contributed by atoms with Crippen LogP contribution in [0.4, 0.5) is 0 Å². The molecule has 1 saturated heterocycles. The minimum Gasteiger partial charge on any atom is -0.357 e. The fourth-order valence-corrected chi connectivity index (χ4v) is 3.35. The Morgan fingerprint density at radius 3 is 2.38 bits per heavy atom. The molecule has 1 unspecified atom stereocenters. The highest BCUT2D eigenvalue weighted by molar-refractivity contribution is 5.79. The van der Waals surface area contributed by atoms with Gasteiger partial charge in [-0.25, -0.2) is 0 Å². The van der Waals surface area contributed by atoms with Crippen LogP contribution in [0.1, 0.15) is 26.3 Å². The van der Waals surface area contributed by atoms with Gasteiger partial charge in [0.15, 0.2) is 5.96 Å². The van der Waals surface area contributed by atoms with Crippen molar-refractivity contribution in [3.8, 4) is 0 Å². The average molecular weight is 360 g/mol. The molecule has 146 valence electrons. The fraction of sp³-hybridized carbons (Fsp3) is 0.667. The Hall–Kier alpha value is -1.59. The predicted octanol–water partition coefficient (Wildman–Crippen LogP) is 2.06. The lowest BCUT2D eigenvalue weighted by Crippen LogP contribution is -2.47. The Kier molecular flexibility index (Phi) is 9.50. The molecule has 0 radical (unpaired) electrons. The van der Waals surface area contributed by atoms with Gasteiger partial charge in [0.2, 0.25) is 0 Å². The van der Waals surface area contributed by atoms with Crippen molar-refractivity contribution in [1.82, 2.24) is 20.4 Å². The number of hydrogen-bond donors (Lipinski definition) is 2. The van der Waals surface area contributed by atoms with Gasteiger partial charge in [0.25, 0.3) is 0 Å². The highest BCUT2D eigenvalue weighted by Gasteiger charge is 2.17. The number of benzene rings is 1. The van der Waals surface area contributed by atoms with E-state index in [-0.39, 0.29) is 0 Å². The molecule has 1 heterocycles. The molecule has 0 bridgehead atoms. The quantitative estimate of drug-likeness (QED) is 0.523. The van der Waals surface area contributed by atoms with Gasteiger partial charge in [0.05, 0.1) is 0 Å². The Balaban J connectivity index is 1.71. The molecule has 26 heavy (non-hydrogen) atoms. The first-order chi connectivity index (χ1) is 12.7. The van der Waals surface area contributed by atoms with Gasteiger partial charge in [-0.05, 0) is 31.4 Å². The van der Waals surface area contributed by atoms with Crippen LogP contribution in [0.3, 0.4) is 0 Å². The van der Waals surface area contributed by atoms with Gasteiger partial charge in [-0.3, -0.25) is 4.99 Å². The molecule has 5 nitrogen and oxygen atoms in total. The molecule has 1 aromatic rings. The first-order valence-electron chi connectivity index (χ1n) is 10.2. The fourth-order valence-electron chi connectivity index (χ4n) is 3.35. The predicted molar refractivity (Wildman–Crippen MR) is 112 cm³/mol. The number of piperazine rings is 1. The number of aliphatic imine (C=N–C) groups is 1. The third-order valence-corrected chi connectivity index (χ3v) is 4.94. The molecule has 1 aliphatic heterocycles. The lowest BCUT2D eigenvalue weighted by Gasteiger charge is -2.35. The molecule has 5 heteroatoms. The first kappa shape index (κ1) is 20.7. The monoisotopic (exact) mass is 359 g/mol. The smallest absolute Gasteiger partial charge is 0.191 e. The van der Waals surface area contributed by atoms with Crippen molar-refractivity contribution >= 4 is 5.96 Å². The van der Waals surface area contributed by atoms with Gasteiger partial charge in [-0.15, -0.1) is 0 Å². The Labute approximate surface area is 159 Å². The maximum atomic E-state index is 4.80. The van der Waals surface area contributed by atoms with Crippen LogP contribution in [0.25, 0.3) is 0 Å². The molecule has 1 fully saturated rings. The van der Waals surface area contributed by atoms with E-state index < -0.39 is 0 Å². The van der Waals surface area contributed by atoms with Crippen molar-refractivity contribution in [2.45, 2.75) is 27.2 Å². The second kappa shape index (κ2) is 11.9. The summed E-state index contributed by atoms with van der Waals surface area (Å²) < 4.78 is 0. The van der Waals surface area contributed by atoms with Crippen LogP contribution in [0.2, 0.25) is 0 Å². The zero-order valence-electron chi connectivity index (χ0n) is 16.9. The molecule has 2 rings (SSSR count). The summed E-state index contributed by atoms with van der Waals surface area (Å²) in [5.41, 5.74) is 1.36. The third-order valence-electron chi connectivity index (χ3n) is 4.94. The van der Waals surface area contributed by atoms with E-state index in [0.29, 0.717) is 5.92 Å². The molecular formula is C21H37N5. The SMILES string of the molecule is CCNC(=NCC(C)CN1CCN(CC)CC1)NCCc1ccccc1. The summed E-state index contributed by atoms with van der Waals surface area (Å²) in [6.07, 6.45) is 1.02. The van der Waals surface area contributed by atoms with Crippen LogP contribution in [-0.4, -0.2) is 74.7 Å². The van der Waals surface area contributed by atoms with E-state index in [9.17, 15) is 0 Å². The second-order valence-electron chi connectivity index (χ2n) is 7.22. The Bertz CT molecular complexity index is 508. The van der Waals surface area contributed by atoms with E-state index in [4.69, 9.17) is 4.99 Å². The van der Waals surface area contributed by atoms with Crippen molar-refractivity contribution in [3.63, 3.8) is 0 Å². The zero-order valence-corrected chi connectivity index (χ0v) is 16.9. The molecule has 1 aliphatic rings. The van der Waals surface area contributed by atoms with E-state index in [1.54, 1.807) is 0 Å². The summed E-state index contributed by atoms with van der Waals surface area (Å²) in [5.74, 6) is 1.51. The molecule has 0 spiro atoms. The minimum atomic E-state index is 0.577. The molecule has 1 aromatic carbocycles. The van der Waals surface area contributed by atoms with Gasteiger partial charge in [0, 0.05) is 52.4 Å². The summed E-state index contributed by atoms with van der Waals surface area (Å²) in [4.78, 5) is 9.91. The normalized spacial score (nSPS) is 17.9. The highest BCUT2D eigenvalue weighted by atomic mass is 15.3. The summed E-state index contributed by atoms with van der Waals surface area (Å²) in [6.45, 7) is 16.5. The average Bonchev–Trinajstić information content (AvgIpc) is 2.67. The minimum absolute atomic E-state index is 0.577. The maximum absolute atomic E-state index is 4.80. The number of hydrogen-bond acceptors (Lipinski definition) is 3. The highest BCUT2D eigenvalue weighted by Crippen LogP contribution is 2.06. The first-order valence-corrected chi connectivity index (χ1v) is 10.2. The number of nitrogens with one attached hydrogen (secondary N) is 2. The summed E-state index contributed by atoms with van der Waals surface area (Å²) in [7, 11) is 0. The summed E-state index contributed by atoms with van der Waals surface area (Å²) in [5, 5.41) is 6.82. The number of guanidine groups is 1. The van der Waals surface area contributed by atoms with E-state index in [2.05, 4.69) is 71.5 Å². The topological polar surface area (TPSA) is 42.9 Å². The van der Waals surface area contributed by atoms with Gasteiger partial charge < -0.3 is 20.4 Å². The van der Waals surface area contributed by atoms with E-state index in [1.165, 1.54) is 38.3 Å². The van der Waals surface area contributed by atoms with Crippen LogP contribution in [0.15, 0.2) is 35.3 Å². The third kappa shape index (κ3) is 7.75. The summed E-state index contributed by atoms with van der Waals surface area (Å²) in [6, 6.07) is 10.6. The van der Waals surface area contributed by atoms with Crippen LogP contribution in [0, 0.1) is 5.92 Å². The molecule has 0 amide bonds. The maximum Gasteiger partial charge on any atom is 0.191 e. The van der Waals surface area contributed by atoms with Crippen molar-refractivity contribution in [1.29, 1.82) is 0 Å². The molecule has 0 aromatic heterocycles. The lowest BCUT2D eigenvalue weighted by molar-refractivity contribution is 0.125. The standard InChI is InChI=1S/C21H37N5/c1-4-22-21(23-12-11-20-9-7-6-8-10-20)24-17-19(3)18-26-15-13-25(5-2)14-16-26/h6-10,19H,4-5,11-18H2,1-3H3,(H2,22,23,24). The molecular weight excluding hydrogens is 322 g/mol. The summed E-state index contributed by atoms with van der Waals surface area (Å²) >= 11 is 0. The molecule has 2 N–H and O–H groups in total. The van der Waals surface area contributed by atoms with Gasteiger partial charge in [0.1, 0.15) is 0 Å².